The lowest BCUT2D eigenvalue weighted by molar-refractivity contribution is -0.141. The Morgan fingerprint density at radius 1 is 1.59 bits per heavy atom. The van der Waals surface area contributed by atoms with Gasteiger partial charge in [-0.25, -0.2) is 0 Å². The Balaban J connectivity index is 2.64. The molecule has 0 aromatic rings. The molecule has 1 saturated heterocycles. The monoisotopic (exact) mass is 242 g/mol. The summed E-state index contributed by atoms with van der Waals surface area (Å²) < 4.78 is 5.42. The second-order valence-corrected chi connectivity index (χ2v) is 5.46. The van der Waals surface area contributed by atoms with Crippen molar-refractivity contribution in [3.8, 4) is 0 Å². The first kappa shape index (κ1) is 14.5. The molecule has 0 aliphatic carbocycles. The molecule has 1 heterocycles. The Morgan fingerprint density at radius 2 is 2.24 bits per heavy atom. The van der Waals surface area contributed by atoms with Crippen LogP contribution in [-0.2, 0) is 9.53 Å². The standard InChI is InChI=1S/C13H26N2O2/c1-5-7-13(3,14)12(16)15-8-6-10(2)11(9-15)17-4/h10-11H,5-9,14H2,1-4H3. The molecule has 17 heavy (non-hydrogen) atoms. The lowest BCUT2D eigenvalue weighted by Gasteiger charge is -2.39. The normalized spacial score (nSPS) is 28.9. The first-order chi connectivity index (χ1) is 7.92. The Morgan fingerprint density at radius 3 is 2.76 bits per heavy atom. The summed E-state index contributed by atoms with van der Waals surface area (Å²) in [6, 6.07) is 0. The maximum absolute atomic E-state index is 12.3. The summed E-state index contributed by atoms with van der Waals surface area (Å²) in [5.74, 6) is 0.576. The molecule has 3 unspecified atom stereocenters. The highest BCUT2D eigenvalue weighted by Crippen LogP contribution is 2.22. The number of likely N-dealkylation sites (tertiary alicyclic amines) is 1. The molecule has 0 saturated carbocycles. The summed E-state index contributed by atoms with van der Waals surface area (Å²) in [6.45, 7) is 7.53. The van der Waals surface area contributed by atoms with E-state index in [2.05, 4.69) is 13.8 Å². The van der Waals surface area contributed by atoms with E-state index in [1.165, 1.54) is 0 Å². The van der Waals surface area contributed by atoms with Gasteiger partial charge in [-0.05, 0) is 25.7 Å². The van der Waals surface area contributed by atoms with Crippen molar-refractivity contribution >= 4 is 5.91 Å². The van der Waals surface area contributed by atoms with Crippen LogP contribution in [0.2, 0.25) is 0 Å². The van der Waals surface area contributed by atoms with Gasteiger partial charge in [0, 0.05) is 20.2 Å². The van der Waals surface area contributed by atoms with Crippen LogP contribution in [0.4, 0.5) is 0 Å². The summed E-state index contributed by atoms with van der Waals surface area (Å²) in [5.41, 5.74) is 5.36. The van der Waals surface area contributed by atoms with E-state index in [-0.39, 0.29) is 12.0 Å². The van der Waals surface area contributed by atoms with Gasteiger partial charge in [0.2, 0.25) is 5.91 Å². The number of nitrogens with zero attached hydrogens (tertiary/aromatic N) is 1. The molecule has 0 radical (unpaired) electrons. The number of nitrogens with two attached hydrogens (primary N) is 1. The summed E-state index contributed by atoms with van der Waals surface area (Å²) in [5, 5.41) is 0. The van der Waals surface area contributed by atoms with E-state index in [4.69, 9.17) is 10.5 Å². The SMILES string of the molecule is CCCC(C)(N)C(=O)N1CCC(C)C(OC)C1. The van der Waals surface area contributed by atoms with Gasteiger partial charge >= 0.3 is 0 Å². The van der Waals surface area contributed by atoms with Gasteiger partial charge < -0.3 is 15.4 Å². The van der Waals surface area contributed by atoms with Crippen LogP contribution in [0, 0.1) is 5.92 Å². The van der Waals surface area contributed by atoms with Gasteiger partial charge in [0.25, 0.3) is 0 Å². The van der Waals surface area contributed by atoms with Crippen LogP contribution in [0.3, 0.4) is 0 Å². The number of rotatable bonds is 4. The zero-order valence-electron chi connectivity index (χ0n) is 11.5. The second-order valence-electron chi connectivity index (χ2n) is 5.46. The van der Waals surface area contributed by atoms with Gasteiger partial charge in [-0.3, -0.25) is 4.79 Å². The van der Waals surface area contributed by atoms with Crippen molar-refractivity contribution in [3.63, 3.8) is 0 Å². The van der Waals surface area contributed by atoms with E-state index in [9.17, 15) is 4.79 Å². The summed E-state index contributed by atoms with van der Waals surface area (Å²) in [6.07, 6.45) is 2.80. The first-order valence-electron chi connectivity index (χ1n) is 6.53. The third kappa shape index (κ3) is 3.42. The van der Waals surface area contributed by atoms with Crippen molar-refractivity contribution in [2.24, 2.45) is 11.7 Å². The van der Waals surface area contributed by atoms with Gasteiger partial charge in [-0.15, -0.1) is 0 Å². The van der Waals surface area contributed by atoms with Crippen molar-refractivity contribution in [3.05, 3.63) is 0 Å². The fourth-order valence-corrected chi connectivity index (χ4v) is 2.51. The third-order valence-corrected chi connectivity index (χ3v) is 3.74. The maximum atomic E-state index is 12.3. The van der Waals surface area contributed by atoms with Gasteiger partial charge in [0.05, 0.1) is 11.6 Å². The van der Waals surface area contributed by atoms with Crippen molar-refractivity contribution < 1.29 is 9.53 Å². The number of carbonyl (C=O) groups is 1. The zero-order valence-corrected chi connectivity index (χ0v) is 11.5. The van der Waals surface area contributed by atoms with E-state index in [0.29, 0.717) is 12.5 Å². The van der Waals surface area contributed by atoms with Crippen LogP contribution in [0.5, 0.6) is 0 Å². The number of hydrogen-bond acceptors (Lipinski definition) is 3. The molecule has 0 spiro atoms. The highest BCUT2D eigenvalue weighted by atomic mass is 16.5. The number of hydrogen-bond donors (Lipinski definition) is 1. The van der Waals surface area contributed by atoms with Crippen LogP contribution >= 0.6 is 0 Å². The van der Waals surface area contributed by atoms with Gasteiger partial charge in [-0.2, -0.15) is 0 Å². The summed E-state index contributed by atoms with van der Waals surface area (Å²) in [7, 11) is 1.71. The molecule has 1 amide bonds. The number of piperidine rings is 1. The van der Waals surface area contributed by atoms with Crippen LogP contribution in [0.25, 0.3) is 0 Å². The van der Waals surface area contributed by atoms with Crippen LogP contribution in [0.15, 0.2) is 0 Å². The fraction of sp³-hybridized carbons (Fsp3) is 0.923. The molecular formula is C13H26N2O2. The summed E-state index contributed by atoms with van der Waals surface area (Å²) in [4.78, 5) is 14.2. The van der Waals surface area contributed by atoms with Crippen molar-refractivity contribution in [1.82, 2.24) is 4.90 Å². The van der Waals surface area contributed by atoms with E-state index >= 15 is 0 Å². The van der Waals surface area contributed by atoms with Crippen LogP contribution < -0.4 is 5.73 Å². The van der Waals surface area contributed by atoms with Crippen molar-refractivity contribution in [2.75, 3.05) is 20.2 Å². The van der Waals surface area contributed by atoms with Crippen molar-refractivity contribution in [1.29, 1.82) is 0 Å². The second kappa shape index (κ2) is 5.83. The molecule has 1 rings (SSSR count). The zero-order chi connectivity index (χ0) is 13.1. The molecule has 2 N–H and O–H groups in total. The largest absolute Gasteiger partial charge is 0.379 e. The minimum Gasteiger partial charge on any atom is -0.379 e. The van der Waals surface area contributed by atoms with E-state index < -0.39 is 5.54 Å². The average Bonchev–Trinajstić information content (AvgIpc) is 2.28. The molecule has 4 heteroatoms. The fourth-order valence-electron chi connectivity index (χ4n) is 2.51. The van der Waals surface area contributed by atoms with Crippen LogP contribution in [-0.4, -0.2) is 42.6 Å². The summed E-state index contributed by atoms with van der Waals surface area (Å²) >= 11 is 0. The van der Waals surface area contributed by atoms with Gasteiger partial charge in [0.1, 0.15) is 0 Å². The first-order valence-corrected chi connectivity index (χ1v) is 6.53. The Hall–Kier alpha value is -0.610. The molecule has 0 aromatic heterocycles. The average molecular weight is 242 g/mol. The van der Waals surface area contributed by atoms with E-state index in [1.54, 1.807) is 7.11 Å². The molecule has 0 aromatic carbocycles. The molecule has 1 aliphatic heterocycles. The molecule has 3 atom stereocenters. The quantitative estimate of drug-likeness (QED) is 0.810. The number of carbonyl (C=O) groups excluding carboxylic acids is 1. The highest BCUT2D eigenvalue weighted by molar-refractivity contribution is 5.85. The Bertz CT molecular complexity index is 266. The minimum absolute atomic E-state index is 0.0632. The van der Waals surface area contributed by atoms with Gasteiger partial charge in [-0.1, -0.05) is 20.3 Å². The molecule has 100 valence electrons. The molecule has 0 bridgehead atoms. The van der Waals surface area contributed by atoms with Crippen molar-refractivity contribution in [2.45, 2.75) is 51.7 Å². The van der Waals surface area contributed by atoms with E-state index in [0.717, 1.165) is 25.8 Å². The lowest BCUT2D eigenvalue weighted by Crippen LogP contribution is -2.57. The molecule has 1 aliphatic rings. The van der Waals surface area contributed by atoms with E-state index in [1.807, 2.05) is 11.8 Å². The molecule has 1 fully saturated rings. The predicted molar refractivity (Wildman–Crippen MR) is 68.7 cm³/mol. The maximum Gasteiger partial charge on any atom is 0.242 e. The highest BCUT2D eigenvalue weighted by Gasteiger charge is 2.36. The Kier molecular flexibility index (Phi) is 4.95. The number of methoxy groups -OCH3 is 1. The molecule has 4 nitrogen and oxygen atoms in total. The lowest BCUT2D eigenvalue weighted by atomic mass is 9.91. The smallest absolute Gasteiger partial charge is 0.242 e. The minimum atomic E-state index is -0.729. The van der Waals surface area contributed by atoms with Crippen LogP contribution in [0.1, 0.15) is 40.0 Å². The number of amides is 1. The van der Waals surface area contributed by atoms with Gasteiger partial charge in [0.15, 0.2) is 0 Å². The molecular weight excluding hydrogens is 216 g/mol. The Labute approximate surface area is 104 Å². The topological polar surface area (TPSA) is 55.6 Å². The predicted octanol–water partition coefficient (Wildman–Crippen LogP) is 1.39. The third-order valence-electron chi connectivity index (χ3n) is 3.74. The number of ether oxygens (including phenoxy) is 1.